The normalized spacial score (nSPS) is 21.4. The molecule has 9 heteroatoms. The second-order valence-corrected chi connectivity index (χ2v) is 12.4. The molecular formula is C32H45N5O4. The number of hydrogen-bond acceptors (Lipinski definition) is 7. The first kappa shape index (κ1) is 29.3. The van der Waals surface area contributed by atoms with Gasteiger partial charge in [0.15, 0.2) is 0 Å². The molecule has 0 spiro atoms. The molecule has 0 saturated carbocycles. The molecule has 41 heavy (non-hydrogen) atoms. The Morgan fingerprint density at radius 3 is 2.93 bits per heavy atom. The third-order valence-electron chi connectivity index (χ3n) is 8.66. The Balaban J connectivity index is 1.18. The lowest BCUT2D eigenvalue weighted by atomic mass is 9.94. The number of morpholine rings is 1. The first-order valence-electron chi connectivity index (χ1n) is 15.2. The molecule has 2 fully saturated rings. The Kier molecular flexibility index (Phi) is 9.45. The van der Waals surface area contributed by atoms with E-state index in [0.29, 0.717) is 19.8 Å². The molecule has 2 saturated heterocycles. The van der Waals surface area contributed by atoms with Crippen LogP contribution in [0.5, 0.6) is 0 Å². The lowest BCUT2D eigenvalue weighted by Gasteiger charge is -2.44. The number of carboxylic acid groups (broad SMARTS) is 1. The summed E-state index contributed by atoms with van der Waals surface area (Å²) in [6.07, 6.45) is 5.80. The second-order valence-electron chi connectivity index (χ2n) is 12.4. The Labute approximate surface area is 243 Å². The number of carbonyl (C=O) groups excluding carboxylic acids is 1. The zero-order valence-electron chi connectivity index (χ0n) is 24.5. The van der Waals surface area contributed by atoms with Crippen LogP contribution in [0.1, 0.15) is 68.8 Å². The summed E-state index contributed by atoms with van der Waals surface area (Å²) in [5, 5.41) is 16.2. The van der Waals surface area contributed by atoms with Crippen molar-refractivity contribution < 1.29 is 19.4 Å². The molecule has 4 heterocycles. The van der Waals surface area contributed by atoms with Crippen LogP contribution >= 0.6 is 0 Å². The number of fused-ring (bicyclic) bond motifs is 1. The highest BCUT2D eigenvalue weighted by Gasteiger charge is 2.32. The van der Waals surface area contributed by atoms with Gasteiger partial charge in [-0.3, -0.25) is 9.59 Å². The minimum atomic E-state index is -0.927. The monoisotopic (exact) mass is 563 g/mol. The van der Waals surface area contributed by atoms with E-state index in [-0.39, 0.29) is 23.8 Å². The SMILES string of the molecule is CC1(C)COCCN1c1cccc([C@H](CC(=O)O)NC(=O)[C@@H]2CCCN(CCCc3ccc4c(n3)NCCC4)C2)c1. The van der Waals surface area contributed by atoms with Crippen LogP contribution in [0.2, 0.25) is 0 Å². The summed E-state index contributed by atoms with van der Waals surface area (Å²) in [4.78, 5) is 34.7. The van der Waals surface area contributed by atoms with E-state index in [4.69, 9.17) is 9.72 Å². The van der Waals surface area contributed by atoms with E-state index in [0.717, 1.165) is 87.5 Å². The number of rotatable bonds is 10. The standard InChI is InChI=1S/C32H45N5O4/c1-32(2)22-41-18-17-37(32)27-11-3-7-24(19-27)28(20-29(38)39)35-31(40)25-9-5-15-36(21-25)16-6-10-26-13-12-23-8-4-14-33-30(23)34-26/h3,7,11-13,19,25,28H,4-6,8-10,14-18,20-22H2,1-2H3,(H,33,34)(H,35,40)(H,38,39)/t25-,28+/m1/s1. The minimum Gasteiger partial charge on any atom is -0.481 e. The van der Waals surface area contributed by atoms with Gasteiger partial charge >= 0.3 is 5.97 Å². The number of likely N-dealkylation sites (tertiary alicyclic amines) is 1. The highest BCUT2D eigenvalue weighted by molar-refractivity contribution is 5.80. The summed E-state index contributed by atoms with van der Waals surface area (Å²) < 4.78 is 5.68. The van der Waals surface area contributed by atoms with Gasteiger partial charge < -0.3 is 30.3 Å². The Hall–Kier alpha value is -3.17. The maximum absolute atomic E-state index is 13.5. The number of nitrogens with zero attached hydrogens (tertiary/aromatic N) is 3. The molecule has 1 amide bonds. The molecule has 1 aromatic heterocycles. The van der Waals surface area contributed by atoms with Gasteiger partial charge in [0, 0.05) is 31.0 Å². The number of nitrogens with one attached hydrogen (secondary N) is 2. The first-order chi connectivity index (χ1) is 19.8. The Bertz CT molecular complexity index is 1220. The van der Waals surface area contributed by atoms with Crippen molar-refractivity contribution in [2.24, 2.45) is 5.92 Å². The van der Waals surface area contributed by atoms with E-state index < -0.39 is 12.0 Å². The molecule has 0 unspecified atom stereocenters. The number of aryl methyl sites for hydroxylation is 2. The molecule has 0 aliphatic carbocycles. The minimum absolute atomic E-state index is 0.0551. The fourth-order valence-corrected chi connectivity index (χ4v) is 6.43. The van der Waals surface area contributed by atoms with Gasteiger partial charge in [0.1, 0.15) is 5.82 Å². The molecular weight excluding hydrogens is 518 g/mol. The van der Waals surface area contributed by atoms with Crippen molar-refractivity contribution in [3.8, 4) is 0 Å². The van der Waals surface area contributed by atoms with Gasteiger partial charge in [-0.15, -0.1) is 0 Å². The van der Waals surface area contributed by atoms with Crippen LogP contribution in [0.4, 0.5) is 11.5 Å². The van der Waals surface area contributed by atoms with Gasteiger partial charge in [-0.1, -0.05) is 18.2 Å². The van der Waals surface area contributed by atoms with Gasteiger partial charge in [0.2, 0.25) is 5.91 Å². The summed E-state index contributed by atoms with van der Waals surface area (Å²) in [5.41, 5.74) is 4.10. The molecule has 2 aromatic rings. The fraction of sp³-hybridized carbons (Fsp3) is 0.594. The van der Waals surface area contributed by atoms with Gasteiger partial charge in [-0.25, -0.2) is 4.98 Å². The molecule has 3 N–H and O–H groups in total. The molecule has 3 aliphatic heterocycles. The highest BCUT2D eigenvalue weighted by Crippen LogP contribution is 2.30. The maximum atomic E-state index is 13.5. The van der Waals surface area contributed by atoms with Crippen LogP contribution in [0, 0.1) is 5.92 Å². The van der Waals surface area contributed by atoms with Crippen molar-refractivity contribution in [3.63, 3.8) is 0 Å². The van der Waals surface area contributed by atoms with Crippen molar-refractivity contribution in [1.82, 2.24) is 15.2 Å². The molecule has 5 rings (SSSR count). The lowest BCUT2D eigenvalue weighted by molar-refractivity contribution is -0.138. The van der Waals surface area contributed by atoms with Crippen molar-refractivity contribution in [2.75, 3.05) is 56.2 Å². The predicted molar refractivity (Wildman–Crippen MR) is 160 cm³/mol. The number of carbonyl (C=O) groups is 2. The largest absolute Gasteiger partial charge is 0.481 e. The van der Waals surface area contributed by atoms with E-state index in [1.54, 1.807) is 0 Å². The van der Waals surface area contributed by atoms with Crippen molar-refractivity contribution in [3.05, 3.63) is 53.2 Å². The number of piperidine rings is 1. The van der Waals surface area contributed by atoms with Crippen molar-refractivity contribution >= 4 is 23.4 Å². The number of carboxylic acids is 1. The lowest BCUT2D eigenvalue weighted by Crippen LogP contribution is -2.53. The number of aromatic nitrogens is 1. The summed E-state index contributed by atoms with van der Waals surface area (Å²) in [6.45, 7) is 9.94. The van der Waals surface area contributed by atoms with Crippen LogP contribution in [-0.2, 0) is 27.2 Å². The molecule has 1 aromatic carbocycles. The summed E-state index contributed by atoms with van der Waals surface area (Å²) in [6, 6.07) is 11.7. The first-order valence-corrected chi connectivity index (χ1v) is 15.2. The quantitative estimate of drug-likeness (QED) is 0.398. The van der Waals surface area contributed by atoms with E-state index >= 15 is 0 Å². The zero-order valence-corrected chi connectivity index (χ0v) is 24.5. The number of aliphatic carboxylic acids is 1. The van der Waals surface area contributed by atoms with Crippen molar-refractivity contribution in [1.29, 1.82) is 0 Å². The number of pyridine rings is 1. The van der Waals surface area contributed by atoms with Crippen LogP contribution in [-0.4, -0.2) is 78.3 Å². The second kappa shape index (κ2) is 13.2. The zero-order chi connectivity index (χ0) is 28.8. The van der Waals surface area contributed by atoms with Gasteiger partial charge in [0.25, 0.3) is 0 Å². The van der Waals surface area contributed by atoms with Crippen molar-refractivity contribution in [2.45, 2.75) is 70.4 Å². The third kappa shape index (κ3) is 7.57. The smallest absolute Gasteiger partial charge is 0.305 e. The Morgan fingerprint density at radius 1 is 1.22 bits per heavy atom. The van der Waals surface area contributed by atoms with E-state index in [1.165, 1.54) is 5.56 Å². The molecule has 222 valence electrons. The molecule has 3 aliphatic rings. The van der Waals surface area contributed by atoms with Crippen LogP contribution < -0.4 is 15.5 Å². The van der Waals surface area contributed by atoms with E-state index in [2.05, 4.69) is 46.4 Å². The molecule has 2 atom stereocenters. The van der Waals surface area contributed by atoms with Gasteiger partial charge in [0.05, 0.1) is 37.1 Å². The predicted octanol–water partition coefficient (Wildman–Crippen LogP) is 4.03. The molecule has 0 radical (unpaired) electrons. The summed E-state index contributed by atoms with van der Waals surface area (Å²) >= 11 is 0. The van der Waals surface area contributed by atoms with Crippen LogP contribution in [0.15, 0.2) is 36.4 Å². The fourth-order valence-electron chi connectivity index (χ4n) is 6.43. The number of anilines is 2. The number of amides is 1. The number of hydrogen-bond donors (Lipinski definition) is 3. The van der Waals surface area contributed by atoms with E-state index in [9.17, 15) is 14.7 Å². The summed E-state index contributed by atoms with van der Waals surface area (Å²) in [7, 11) is 0. The Morgan fingerprint density at radius 2 is 2.10 bits per heavy atom. The van der Waals surface area contributed by atoms with E-state index in [1.807, 2.05) is 24.3 Å². The van der Waals surface area contributed by atoms with Crippen LogP contribution in [0.3, 0.4) is 0 Å². The maximum Gasteiger partial charge on any atom is 0.305 e. The average molecular weight is 564 g/mol. The highest BCUT2D eigenvalue weighted by atomic mass is 16.5. The van der Waals surface area contributed by atoms with Crippen LogP contribution in [0.25, 0.3) is 0 Å². The topological polar surface area (TPSA) is 107 Å². The molecule has 0 bridgehead atoms. The molecule has 9 nitrogen and oxygen atoms in total. The van der Waals surface area contributed by atoms with Gasteiger partial charge in [-0.2, -0.15) is 0 Å². The van der Waals surface area contributed by atoms with Gasteiger partial charge in [-0.05, 0) is 94.8 Å². The third-order valence-corrected chi connectivity index (χ3v) is 8.66. The average Bonchev–Trinajstić information content (AvgIpc) is 2.96. The number of benzene rings is 1. The summed E-state index contributed by atoms with van der Waals surface area (Å²) in [5.74, 6) is -0.0878. The number of ether oxygens (including phenoxy) is 1.